The molecule has 0 spiro atoms. The number of hydrogen-bond donors (Lipinski definition) is 0. The summed E-state index contributed by atoms with van der Waals surface area (Å²) < 4.78 is 45.1. The van der Waals surface area contributed by atoms with E-state index in [1.54, 1.807) is 18.2 Å². The van der Waals surface area contributed by atoms with Gasteiger partial charge in [0.25, 0.3) is 5.82 Å². The summed E-state index contributed by atoms with van der Waals surface area (Å²) in [6.45, 7) is 0. The van der Waals surface area contributed by atoms with Gasteiger partial charge >= 0.3 is 6.18 Å². The maximum absolute atomic E-state index is 12.8. The van der Waals surface area contributed by atoms with Crippen molar-refractivity contribution in [1.82, 2.24) is 19.8 Å². The molecular weight excluding hydrogens is 389 g/mol. The topological polar surface area (TPSA) is 52.3 Å². The van der Waals surface area contributed by atoms with Crippen molar-refractivity contribution in [3.63, 3.8) is 0 Å². The van der Waals surface area contributed by atoms with Gasteiger partial charge in [-0.05, 0) is 24.3 Å². The van der Waals surface area contributed by atoms with Crippen molar-refractivity contribution < 1.29 is 17.9 Å². The lowest BCUT2D eigenvalue weighted by Gasteiger charge is -2.08. The Morgan fingerprint density at radius 1 is 1.14 bits per heavy atom. The Bertz CT molecular complexity index is 852. The zero-order valence-electron chi connectivity index (χ0n) is 10.5. The standard InChI is InChI=1S/C12H5BrClF3N4O/c13-6-1-2-8(7(14)5-6)22-10-4-3-9-18-19-11(12(15,16)17)21(9)20-10/h1-5H. The van der Waals surface area contributed by atoms with E-state index in [4.69, 9.17) is 16.3 Å². The molecule has 0 atom stereocenters. The van der Waals surface area contributed by atoms with E-state index < -0.39 is 12.0 Å². The van der Waals surface area contributed by atoms with Crippen LogP contribution >= 0.6 is 27.5 Å². The minimum atomic E-state index is -4.67. The average molecular weight is 394 g/mol. The maximum Gasteiger partial charge on any atom is 0.453 e. The number of nitrogens with zero attached hydrogens (tertiary/aromatic N) is 4. The molecule has 0 radical (unpaired) electrons. The van der Waals surface area contributed by atoms with Crippen LogP contribution in [0.15, 0.2) is 34.8 Å². The monoisotopic (exact) mass is 392 g/mol. The van der Waals surface area contributed by atoms with Gasteiger partial charge in [0.2, 0.25) is 5.88 Å². The number of benzene rings is 1. The SMILES string of the molecule is FC(F)(F)c1nnc2ccc(Oc3ccc(Br)cc3Cl)nn12. The molecule has 0 unspecified atom stereocenters. The summed E-state index contributed by atoms with van der Waals surface area (Å²) in [5, 5.41) is 10.5. The molecule has 10 heteroatoms. The first-order chi connectivity index (χ1) is 10.3. The van der Waals surface area contributed by atoms with Gasteiger partial charge in [0.05, 0.1) is 5.02 Å². The Balaban J connectivity index is 2.01. The van der Waals surface area contributed by atoms with Crippen LogP contribution in [-0.2, 0) is 6.18 Å². The van der Waals surface area contributed by atoms with E-state index in [1.807, 2.05) is 0 Å². The summed E-state index contributed by atoms with van der Waals surface area (Å²) in [7, 11) is 0. The molecule has 3 aromatic rings. The minimum absolute atomic E-state index is 0.0402. The van der Waals surface area contributed by atoms with Crippen LogP contribution in [-0.4, -0.2) is 19.8 Å². The molecule has 0 aliphatic rings. The molecule has 0 saturated heterocycles. The molecule has 2 aromatic heterocycles. The van der Waals surface area contributed by atoms with E-state index in [0.717, 1.165) is 4.47 Å². The van der Waals surface area contributed by atoms with Gasteiger partial charge in [0.1, 0.15) is 5.75 Å². The third-order valence-electron chi connectivity index (χ3n) is 2.60. The highest BCUT2D eigenvalue weighted by Crippen LogP contribution is 2.32. The number of ether oxygens (including phenoxy) is 1. The molecule has 0 amide bonds. The molecule has 0 N–H and O–H groups in total. The summed E-state index contributed by atoms with van der Waals surface area (Å²) in [5.74, 6) is -1.03. The first-order valence-corrected chi connectivity index (χ1v) is 6.94. The normalized spacial score (nSPS) is 11.9. The molecular formula is C12H5BrClF3N4O. The fraction of sp³-hybridized carbons (Fsp3) is 0.0833. The number of halogens is 5. The largest absolute Gasteiger partial charge is 0.453 e. The zero-order chi connectivity index (χ0) is 15.9. The summed E-state index contributed by atoms with van der Waals surface area (Å²) >= 11 is 9.23. The molecule has 0 aliphatic heterocycles. The molecule has 0 fully saturated rings. The molecule has 5 nitrogen and oxygen atoms in total. The second-order valence-corrected chi connectivity index (χ2v) is 5.46. The molecule has 0 saturated carbocycles. The van der Waals surface area contributed by atoms with Gasteiger partial charge in [-0.1, -0.05) is 27.5 Å². The quantitative estimate of drug-likeness (QED) is 0.649. The highest BCUT2D eigenvalue weighted by atomic mass is 79.9. The number of aromatic nitrogens is 4. The van der Waals surface area contributed by atoms with Crippen LogP contribution < -0.4 is 4.74 Å². The van der Waals surface area contributed by atoms with Crippen molar-refractivity contribution in [2.45, 2.75) is 6.18 Å². The van der Waals surface area contributed by atoms with Gasteiger partial charge in [-0.15, -0.1) is 15.3 Å². The van der Waals surface area contributed by atoms with Gasteiger partial charge in [0, 0.05) is 10.5 Å². The lowest BCUT2D eigenvalue weighted by molar-refractivity contribution is -0.146. The third-order valence-corrected chi connectivity index (χ3v) is 3.39. The predicted molar refractivity (Wildman–Crippen MR) is 75.0 cm³/mol. The number of hydrogen-bond acceptors (Lipinski definition) is 4. The van der Waals surface area contributed by atoms with Crippen molar-refractivity contribution in [1.29, 1.82) is 0 Å². The fourth-order valence-electron chi connectivity index (χ4n) is 1.67. The average Bonchev–Trinajstić information content (AvgIpc) is 2.85. The first-order valence-electron chi connectivity index (χ1n) is 5.77. The lowest BCUT2D eigenvalue weighted by Crippen LogP contribution is -2.12. The van der Waals surface area contributed by atoms with E-state index in [0.29, 0.717) is 4.52 Å². The highest BCUT2D eigenvalue weighted by molar-refractivity contribution is 9.10. The van der Waals surface area contributed by atoms with E-state index in [9.17, 15) is 13.2 Å². The minimum Gasteiger partial charge on any atom is -0.436 e. The van der Waals surface area contributed by atoms with Crippen LogP contribution in [0.2, 0.25) is 5.02 Å². The van der Waals surface area contributed by atoms with E-state index in [-0.39, 0.29) is 22.3 Å². The Kier molecular flexibility index (Phi) is 3.69. The second kappa shape index (κ2) is 5.40. The Labute approximate surface area is 134 Å². The first kappa shape index (κ1) is 15.0. The van der Waals surface area contributed by atoms with Gasteiger partial charge in [-0.25, -0.2) is 0 Å². The van der Waals surface area contributed by atoms with Crippen molar-refractivity contribution in [2.24, 2.45) is 0 Å². The number of rotatable bonds is 2. The third kappa shape index (κ3) is 2.86. The van der Waals surface area contributed by atoms with Crippen LogP contribution in [0.4, 0.5) is 13.2 Å². The van der Waals surface area contributed by atoms with Crippen LogP contribution in [0.25, 0.3) is 5.65 Å². The van der Waals surface area contributed by atoms with Gasteiger partial charge < -0.3 is 4.74 Å². The Morgan fingerprint density at radius 2 is 1.91 bits per heavy atom. The summed E-state index contributed by atoms with van der Waals surface area (Å²) in [6.07, 6.45) is -4.67. The Hall–Kier alpha value is -1.87. The van der Waals surface area contributed by atoms with Crippen molar-refractivity contribution in [2.75, 3.05) is 0 Å². The number of alkyl halides is 3. The lowest BCUT2D eigenvalue weighted by atomic mass is 10.3. The van der Waals surface area contributed by atoms with E-state index >= 15 is 0 Å². The van der Waals surface area contributed by atoms with Gasteiger partial charge in [-0.3, -0.25) is 0 Å². The van der Waals surface area contributed by atoms with E-state index in [2.05, 4.69) is 31.2 Å². The van der Waals surface area contributed by atoms with Crippen LogP contribution in [0.3, 0.4) is 0 Å². The zero-order valence-corrected chi connectivity index (χ0v) is 12.8. The van der Waals surface area contributed by atoms with Gasteiger partial charge in [0.15, 0.2) is 5.65 Å². The summed E-state index contributed by atoms with van der Waals surface area (Å²) in [6, 6.07) is 7.53. The fourth-order valence-corrected chi connectivity index (χ4v) is 2.39. The van der Waals surface area contributed by atoms with Crippen LogP contribution in [0.1, 0.15) is 5.82 Å². The molecule has 22 heavy (non-hydrogen) atoms. The summed E-state index contributed by atoms with van der Waals surface area (Å²) in [5.41, 5.74) is -0.0402. The van der Waals surface area contributed by atoms with Gasteiger partial charge in [-0.2, -0.15) is 17.7 Å². The van der Waals surface area contributed by atoms with E-state index in [1.165, 1.54) is 12.1 Å². The van der Waals surface area contributed by atoms with Crippen molar-refractivity contribution in [3.05, 3.63) is 45.7 Å². The highest BCUT2D eigenvalue weighted by Gasteiger charge is 2.37. The Morgan fingerprint density at radius 3 is 2.59 bits per heavy atom. The molecule has 0 aliphatic carbocycles. The second-order valence-electron chi connectivity index (χ2n) is 4.14. The van der Waals surface area contributed by atoms with Crippen LogP contribution in [0, 0.1) is 0 Å². The summed E-state index contributed by atoms with van der Waals surface area (Å²) in [4.78, 5) is 0. The smallest absolute Gasteiger partial charge is 0.436 e. The molecule has 114 valence electrons. The molecule has 0 bridgehead atoms. The maximum atomic E-state index is 12.8. The van der Waals surface area contributed by atoms with Crippen molar-refractivity contribution >= 4 is 33.2 Å². The molecule has 2 heterocycles. The molecule has 1 aromatic carbocycles. The van der Waals surface area contributed by atoms with Crippen molar-refractivity contribution in [3.8, 4) is 11.6 Å². The number of fused-ring (bicyclic) bond motifs is 1. The van der Waals surface area contributed by atoms with Crippen LogP contribution in [0.5, 0.6) is 11.6 Å². The molecule has 3 rings (SSSR count). The predicted octanol–water partition coefficient (Wildman–Crippen LogP) is 4.35.